The van der Waals surface area contributed by atoms with E-state index in [4.69, 9.17) is 0 Å². The molecule has 0 aliphatic rings. The molecule has 0 spiro atoms. The van der Waals surface area contributed by atoms with Crippen LogP contribution in [0.3, 0.4) is 0 Å². The van der Waals surface area contributed by atoms with Crippen LogP contribution in [0.1, 0.15) is 37.0 Å². The molecule has 0 aliphatic carbocycles. The Hall–Kier alpha value is -1.84. The first-order chi connectivity index (χ1) is 8.67. The average Bonchev–Trinajstić information content (AvgIpc) is 2.78. The summed E-state index contributed by atoms with van der Waals surface area (Å²) < 4.78 is 1.97. The number of aromatic carboxylic acids is 1. The molecule has 0 aliphatic heterocycles. The van der Waals surface area contributed by atoms with Gasteiger partial charge >= 0.3 is 5.97 Å². The van der Waals surface area contributed by atoms with Gasteiger partial charge in [0, 0.05) is 6.54 Å². The van der Waals surface area contributed by atoms with Crippen LogP contribution in [-0.2, 0) is 6.54 Å². The maximum absolute atomic E-state index is 11.2. The molecule has 0 atom stereocenters. The molecule has 2 aromatic rings. The van der Waals surface area contributed by atoms with Gasteiger partial charge in [0.25, 0.3) is 0 Å². The van der Waals surface area contributed by atoms with Crippen LogP contribution < -0.4 is 0 Å². The van der Waals surface area contributed by atoms with E-state index in [1.165, 1.54) is 0 Å². The third kappa shape index (κ3) is 2.23. The van der Waals surface area contributed by atoms with Crippen molar-refractivity contribution in [2.24, 2.45) is 5.92 Å². The zero-order valence-corrected chi connectivity index (χ0v) is 10.8. The van der Waals surface area contributed by atoms with Crippen molar-refractivity contribution in [3.05, 3.63) is 30.1 Å². The van der Waals surface area contributed by atoms with Crippen molar-refractivity contribution in [2.45, 2.75) is 33.2 Å². The second-order valence-corrected chi connectivity index (χ2v) is 4.56. The predicted octanol–water partition coefficient (Wildman–Crippen LogP) is 3.17. The molecule has 2 rings (SSSR count). The number of para-hydroxylation sites is 1. The zero-order valence-electron chi connectivity index (χ0n) is 10.8. The Morgan fingerprint density at radius 2 is 2.11 bits per heavy atom. The van der Waals surface area contributed by atoms with Gasteiger partial charge in [-0.1, -0.05) is 32.8 Å². The zero-order chi connectivity index (χ0) is 13.1. The normalized spacial score (nSPS) is 11.3. The Labute approximate surface area is 106 Å². The van der Waals surface area contributed by atoms with Crippen molar-refractivity contribution < 1.29 is 9.90 Å². The molecule has 0 bridgehead atoms. The Bertz CT molecular complexity index is 556. The first-order valence-corrected chi connectivity index (χ1v) is 6.34. The van der Waals surface area contributed by atoms with E-state index >= 15 is 0 Å². The first kappa shape index (κ1) is 12.6. The Morgan fingerprint density at radius 3 is 2.72 bits per heavy atom. The number of carboxylic acid groups (broad SMARTS) is 1. The van der Waals surface area contributed by atoms with Crippen LogP contribution in [0.4, 0.5) is 0 Å². The van der Waals surface area contributed by atoms with E-state index < -0.39 is 5.97 Å². The second kappa shape index (κ2) is 5.21. The number of hydrogen-bond acceptors (Lipinski definition) is 2. The molecular weight excluding hydrogens is 228 g/mol. The Morgan fingerprint density at radius 1 is 1.39 bits per heavy atom. The summed E-state index contributed by atoms with van der Waals surface area (Å²) in [6, 6.07) is 5.22. The molecule has 0 saturated carbocycles. The van der Waals surface area contributed by atoms with Crippen LogP contribution in [0.25, 0.3) is 11.0 Å². The van der Waals surface area contributed by atoms with E-state index in [1.807, 2.05) is 10.6 Å². The SMILES string of the molecule is CCC(CC)Cn1cnc2cccc(C(=O)O)c21. The van der Waals surface area contributed by atoms with Crippen LogP contribution in [0.2, 0.25) is 0 Å². The van der Waals surface area contributed by atoms with Gasteiger partial charge in [-0.15, -0.1) is 0 Å². The van der Waals surface area contributed by atoms with Gasteiger partial charge in [-0.2, -0.15) is 0 Å². The molecule has 0 unspecified atom stereocenters. The Balaban J connectivity index is 2.48. The van der Waals surface area contributed by atoms with Crippen molar-refractivity contribution >= 4 is 17.0 Å². The van der Waals surface area contributed by atoms with E-state index in [2.05, 4.69) is 18.8 Å². The molecular formula is C14H18N2O2. The molecule has 0 radical (unpaired) electrons. The number of aromatic nitrogens is 2. The molecule has 0 amide bonds. The largest absolute Gasteiger partial charge is 0.478 e. The van der Waals surface area contributed by atoms with Gasteiger partial charge in [0.1, 0.15) is 0 Å². The van der Waals surface area contributed by atoms with Gasteiger partial charge in [0.05, 0.1) is 22.9 Å². The summed E-state index contributed by atoms with van der Waals surface area (Å²) in [6.45, 7) is 5.14. The van der Waals surface area contributed by atoms with Gasteiger partial charge in [0.2, 0.25) is 0 Å². The molecule has 4 nitrogen and oxygen atoms in total. The van der Waals surface area contributed by atoms with E-state index in [0.717, 1.165) is 30.4 Å². The fourth-order valence-electron chi connectivity index (χ4n) is 2.26. The highest BCUT2D eigenvalue weighted by atomic mass is 16.4. The number of rotatable bonds is 5. The molecule has 18 heavy (non-hydrogen) atoms. The number of fused-ring (bicyclic) bond motifs is 1. The maximum Gasteiger partial charge on any atom is 0.337 e. The van der Waals surface area contributed by atoms with Crippen LogP contribution in [0.15, 0.2) is 24.5 Å². The lowest BCUT2D eigenvalue weighted by Crippen LogP contribution is -2.10. The van der Waals surface area contributed by atoms with Crippen LogP contribution >= 0.6 is 0 Å². The highest BCUT2D eigenvalue weighted by Crippen LogP contribution is 2.21. The van der Waals surface area contributed by atoms with Gasteiger partial charge in [-0.05, 0) is 18.1 Å². The molecule has 0 fully saturated rings. The summed E-state index contributed by atoms with van der Waals surface area (Å²) in [5, 5.41) is 9.23. The highest BCUT2D eigenvalue weighted by Gasteiger charge is 2.14. The van der Waals surface area contributed by atoms with Gasteiger partial charge in [-0.25, -0.2) is 9.78 Å². The minimum Gasteiger partial charge on any atom is -0.478 e. The fourth-order valence-corrected chi connectivity index (χ4v) is 2.26. The number of hydrogen-bond donors (Lipinski definition) is 1. The van der Waals surface area contributed by atoms with E-state index in [1.54, 1.807) is 18.5 Å². The smallest absolute Gasteiger partial charge is 0.337 e. The van der Waals surface area contributed by atoms with Crippen LogP contribution in [0.5, 0.6) is 0 Å². The van der Waals surface area contributed by atoms with Gasteiger partial charge in [-0.3, -0.25) is 0 Å². The van der Waals surface area contributed by atoms with E-state index in [9.17, 15) is 9.90 Å². The first-order valence-electron chi connectivity index (χ1n) is 6.34. The lowest BCUT2D eigenvalue weighted by Gasteiger charge is -2.14. The molecule has 96 valence electrons. The standard InChI is InChI=1S/C14H18N2O2/c1-3-10(4-2)8-16-9-15-12-7-5-6-11(13(12)16)14(17)18/h5-7,9-10H,3-4,8H2,1-2H3,(H,17,18). The number of benzene rings is 1. The number of carbonyl (C=O) groups is 1. The average molecular weight is 246 g/mol. The summed E-state index contributed by atoms with van der Waals surface area (Å²) in [5.41, 5.74) is 1.81. The topological polar surface area (TPSA) is 55.1 Å². The van der Waals surface area contributed by atoms with Gasteiger partial charge in [0.15, 0.2) is 0 Å². The molecule has 4 heteroatoms. The Kier molecular flexibility index (Phi) is 3.65. The number of imidazole rings is 1. The fraction of sp³-hybridized carbons (Fsp3) is 0.429. The summed E-state index contributed by atoms with van der Waals surface area (Å²) in [4.78, 5) is 15.5. The quantitative estimate of drug-likeness (QED) is 0.881. The van der Waals surface area contributed by atoms with E-state index in [0.29, 0.717) is 11.5 Å². The van der Waals surface area contributed by atoms with Gasteiger partial charge < -0.3 is 9.67 Å². The lowest BCUT2D eigenvalue weighted by molar-refractivity contribution is 0.0698. The number of carboxylic acids is 1. The van der Waals surface area contributed by atoms with Crippen molar-refractivity contribution in [1.29, 1.82) is 0 Å². The molecule has 1 aromatic carbocycles. The summed E-state index contributed by atoms with van der Waals surface area (Å²) in [6.07, 6.45) is 3.92. The third-order valence-corrected chi connectivity index (χ3v) is 3.48. The molecule has 0 saturated heterocycles. The monoisotopic (exact) mass is 246 g/mol. The number of nitrogens with zero attached hydrogens (tertiary/aromatic N) is 2. The lowest BCUT2D eigenvalue weighted by atomic mass is 10.0. The van der Waals surface area contributed by atoms with Crippen LogP contribution in [0, 0.1) is 5.92 Å². The highest BCUT2D eigenvalue weighted by molar-refractivity contribution is 6.01. The minimum absolute atomic E-state index is 0.330. The summed E-state index contributed by atoms with van der Waals surface area (Å²) in [7, 11) is 0. The summed E-state index contributed by atoms with van der Waals surface area (Å²) in [5.74, 6) is -0.337. The predicted molar refractivity (Wildman–Crippen MR) is 70.8 cm³/mol. The third-order valence-electron chi connectivity index (χ3n) is 3.48. The van der Waals surface area contributed by atoms with Crippen molar-refractivity contribution in [2.75, 3.05) is 0 Å². The van der Waals surface area contributed by atoms with E-state index in [-0.39, 0.29) is 0 Å². The second-order valence-electron chi connectivity index (χ2n) is 4.56. The molecule has 1 aromatic heterocycles. The molecule has 1 heterocycles. The van der Waals surface area contributed by atoms with Crippen molar-refractivity contribution in [3.63, 3.8) is 0 Å². The minimum atomic E-state index is -0.896. The molecule has 1 N–H and O–H groups in total. The van der Waals surface area contributed by atoms with Crippen molar-refractivity contribution in [3.8, 4) is 0 Å². The van der Waals surface area contributed by atoms with Crippen molar-refractivity contribution in [1.82, 2.24) is 9.55 Å². The summed E-state index contributed by atoms with van der Waals surface area (Å²) >= 11 is 0. The maximum atomic E-state index is 11.2. The van der Waals surface area contributed by atoms with Crippen LogP contribution in [-0.4, -0.2) is 20.6 Å².